The molecule has 1 aliphatic rings. The smallest absolute Gasteiger partial charge is 0.00977 e. The van der Waals surface area contributed by atoms with Crippen LogP contribution in [0.25, 0.3) is 0 Å². The lowest BCUT2D eigenvalue weighted by Crippen LogP contribution is -2.40. The van der Waals surface area contributed by atoms with Gasteiger partial charge in [-0.05, 0) is 52.7 Å². The molecule has 0 aliphatic heterocycles. The third kappa shape index (κ3) is 4.52. The van der Waals surface area contributed by atoms with Gasteiger partial charge in [0.1, 0.15) is 0 Å². The standard InChI is InChI=1S/C13H28N2/c1-5-12-7-6-8-13(12)14-11(2)9-10-15(3)4/h11-14H,5-10H2,1-4H3. The summed E-state index contributed by atoms with van der Waals surface area (Å²) in [6.45, 7) is 5.85. The van der Waals surface area contributed by atoms with Gasteiger partial charge in [-0.3, -0.25) is 0 Å². The molecule has 0 heterocycles. The summed E-state index contributed by atoms with van der Waals surface area (Å²) < 4.78 is 0. The fourth-order valence-electron chi connectivity index (χ4n) is 2.65. The van der Waals surface area contributed by atoms with Crippen LogP contribution in [0.5, 0.6) is 0 Å². The van der Waals surface area contributed by atoms with Crippen molar-refractivity contribution in [2.45, 2.75) is 58.0 Å². The van der Waals surface area contributed by atoms with Crippen LogP contribution in [-0.2, 0) is 0 Å². The molecule has 1 rings (SSSR count). The fraction of sp³-hybridized carbons (Fsp3) is 1.00. The van der Waals surface area contributed by atoms with E-state index in [9.17, 15) is 0 Å². The van der Waals surface area contributed by atoms with E-state index in [1.807, 2.05) is 0 Å². The van der Waals surface area contributed by atoms with E-state index in [0.717, 1.165) is 12.0 Å². The van der Waals surface area contributed by atoms with E-state index in [2.05, 4.69) is 38.2 Å². The Morgan fingerprint density at radius 1 is 1.33 bits per heavy atom. The Bertz CT molecular complexity index is 168. The molecule has 1 N–H and O–H groups in total. The van der Waals surface area contributed by atoms with E-state index in [1.165, 1.54) is 38.6 Å². The van der Waals surface area contributed by atoms with Gasteiger partial charge >= 0.3 is 0 Å². The highest BCUT2D eigenvalue weighted by Crippen LogP contribution is 2.28. The Morgan fingerprint density at radius 2 is 2.07 bits per heavy atom. The Hall–Kier alpha value is -0.0800. The molecular weight excluding hydrogens is 184 g/mol. The fourth-order valence-corrected chi connectivity index (χ4v) is 2.65. The first-order chi connectivity index (χ1) is 7.13. The van der Waals surface area contributed by atoms with Gasteiger partial charge in [0.05, 0.1) is 0 Å². The van der Waals surface area contributed by atoms with Crippen LogP contribution in [0.2, 0.25) is 0 Å². The molecule has 3 unspecified atom stereocenters. The van der Waals surface area contributed by atoms with Crippen molar-refractivity contribution >= 4 is 0 Å². The summed E-state index contributed by atoms with van der Waals surface area (Å²) in [4.78, 5) is 2.27. The maximum atomic E-state index is 3.81. The molecule has 0 radical (unpaired) electrons. The monoisotopic (exact) mass is 212 g/mol. The molecule has 0 bridgehead atoms. The van der Waals surface area contributed by atoms with E-state index in [4.69, 9.17) is 0 Å². The van der Waals surface area contributed by atoms with Crippen LogP contribution < -0.4 is 5.32 Å². The van der Waals surface area contributed by atoms with Gasteiger partial charge < -0.3 is 10.2 Å². The minimum Gasteiger partial charge on any atom is -0.311 e. The van der Waals surface area contributed by atoms with E-state index in [1.54, 1.807) is 0 Å². The maximum absolute atomic E-state index is 3.81. The average molecular weight is 212 g/mol. The summed E-state index contributed by atoms with van der Waals surface area (Å²) in [6.07, 6.45) is 6.87. The first-order valence-electron chi connectivity index (χ1n) is 6.54. The molecule has 0 saturated heterocycles. The van der Waals surface area contributed by atoms with Crippen molar-refractivity contribution in [3.8, 4) is 0 Å². The van der Waals surface area contributed by atoms with Gasteiger partial charge in [-0.25, -0.2) is 0 Å². The van der Waals surface area contributed by atoms with E-state index in [-0.39, 0.29) is 0 Å². The van der Waals surface area contributed by atoms with Gasteiger partial charge in [0.2, 0.25) is 0 Å². The molecule has 15 heavy (non-hydrogen) atoms. The first-order valence-corrected chi connectivity index (χ1v) is 6.54. The highest BCUT2D eigenvalue weighted by Gasteiger charge is 2.26. The van der Waals surface area contributed by atoms with Crippen molar-refractivity contribution in [3.05, 3.63) is 0 Å². The minimum absolute atomic E-state index is 0.671. The molecule has 0 aromatic rings. The molecule has 3 atom stereocenters. The Labute approximate surface area is 95.4 Å². The molecule has 0 amide bonds. The minimum atomic E-state index is 0.671. The van der Waals surface area contributed by atoms with Gasteiger partial charge in [0.15, 0.2) is 0 Å². The van der Waals surface area contributed by atoms with Crippen molar-refractivity contribution in [1.29, 1.82) is 0 Å². The molecule has 1 fully saturated rings. The number of nitrogens with zero attached hydrogens (tertiary/aromatic N) is 1. The Morgan fingerprint density at radius 3 is 2.67 bits per heavy atom. The van der Waals surface area contributed by atoms with Crippen LogP contribution in [0.1, 0.15) is 46.0 Å². The van der Waals surface area contributed by atoms with Crippen LogP contribution in [0.15, 0.2) is 0 Å². The van der Waals surface area contributed by atoms with Crippen LogP contribution in [0.3, 0.4) is 0 Å². The molecule has 0 spiro atoms. The number of rotatable bonds is 6. The summed E-state index contributed by atoms with van der Waals surface area (Å²) in [6, 6.07) is 1.47. The second-order valence-corrected chi connectivity index (χ2v) is 5.37. The van der Waals surface area contributed by atoms with Gasteiger partial charge in [-0.1, -0.05) is 19.8 Å². The zero-order valence-electron chi connectivity index (χ0n) is 10.9. The van der Waals surface area contributed by atoms with E-state index < -0.39 is 0 Å². The third-order valence-electron chi connectivity index (χ3n) is 3.69. The number of hydrogen-bond donors (Lipinski definition) is 1. The molecule has 2 nitrogen and oxygen atoms in total. The lowest BCUT2D eigenvalue weighted by atomic mass is 9.99. The van der Waals surface area contributed by atoms with Gasteiger partial charge in [0, 0.05) is 12.1 Å². The highest BCUT2D eigenvalue weighted by atomic mass is 15.1. The quantitative estimate of drug-likeness (QED) is 0.728. The zero-order valence-corrected chi connectivity index (χ0v) is 10.9. The van der Waals surface area contributed by atoms with Gasteiger partial charge in [-0.15, -0.1) is 0 Å². The normalized spacial score (nSPS) is 28.6. The van der Waals surface area contributed by atoms with E-state index in [0.29, 0.717) is 6.04 Å². The molecule has 0 aromatic carbocycles. The summed E-state index contributed by atoms with van der Waals surface area (Å²) in [5.41, 5.74) is 0. The van der Waals surface area contributed by atoms with Crippen LogP contribution in [0, 0.1) is 5.92 Å². The van der Waals surface area contributed by atoms with Crippen molar-refractivity contribution in [1.82, 2.24) is 10.2 Å². The molecule has 1 saturated carbocycles. The molecule has 0 aromatic heterocycles. The average Bonchev–Trinajstić information content (AvgIpc) is 2.62. The van der Waals surface area contributed by atoms with Crippen LogP contribution in [0.4, 0.5) is 0 Å². The van der Waals surface area contributed by atoms with Crippen molar-refractivity contribution in [3.63, 3.8) is 0 Å². The predicted molar refractivity (Wildman–Crippen MR) is 67.2 cm³/mol. The highest BCUT2D eigenvalue weighted by molar-refractivity contribution is 4.84. The molecule has 2 heteroatoms. The maximum Gasteiger partial charge on any atom is 0.00977 e. The summed E-state index contributed by atoms with van der Waals surface area (Å²) in [5.74, 6) is 0.937. The van der Waals surface area contributed by atoms with Crippen LogP contribution in [-0.4, -0.2) is 37.6 Å². The topological polar surface area (TPSA) is 15.3 Å². The lowest BCUT2D eigenvalue weighted by molar-refractivity contribution is 0.317. The van der Waals surface area contributed by atoms with Gasteiger partial charge in [-0.2, -0.15) is 0 Å². The molecule has 1 aliphatic carbocycles. The van der Waals surface area contributed by atoms with Crippen molar-refractivity contribution < 1.29 is 0 Å². The number of hydrogen-bond acceptors (Lipinski definition) is 2. The predicted octanol–water partition coefficient (Wildman–Crippen LogP) is 2.49. The Kier molecular flexibility index (Phi) is 5.62. The summed E-state index contributed by atoms with van der Waals surface area (Å²) >= 11 is 0. The van der Waals surface area contributed by atoms with Crippen molar-refractivity contribution in [2.24, 2.45) is 5.92 Å². The van der Waals surface area contributed by atoms with Crippen molar-refractivity contribution in [2.75, 3.05) is 20.6 Å². The largest absolute Gasteiger partial charge is 0.311 e. The van der Waals surface area contributed by atoms with Crippen LogP contribution >= 0.6 is 0 Å². The molecule has 90 valence electrons. The second-order valence-electron chi connectivity index (χ2n) is 5.37. The zero-order chi connectivity index (χ0) is 11.3. The summed E-state index contributed by atoms with van der Waals surface area (Å²) in [5, 5.41) is 3.81. The summed E-state index contributed by atoms with van der Waals surface area (Å²) in [7, 11) is 4.30. The first kappa shape index (κ1) is 13.0. The third-order valence-corrected chi connectivity index (χ3v) is 3.69. The lowest BCUT2D eigenvalue weighted by Gasteiger charge is -2.25. The van der Waals surface area contributed by atoms with Gasteiger partial charge in [0.25, 0.3) is 0 Å². The Balaban J connectivity index is 2.21. The molecular formula is C13H28N2. The second kappa shape index (κ2) is 6.49. The van der Waals surface area contributed by atoms with E-state index >= 15 is 0 Å². The number of nitrogens with one attached hydrogen (secondary N) is 1. The SMILES string of the molecule is CCC1CCCC1NC(C)CCN(C)C.